The molecule has 0 fully saturated rings. The van der Waals surface area contributed by atoms with Gasteiger partial charge in [-0.05, 0) is 25.1 Å². The number of carbonyl (C=O) groups excluding carboxylic acids is 1. The Morgan fingerprint density at radius 2 is 2.00 bits per heavy atom. The van der Waals surface area contributed by atoms with Crippen LogP contribution in [0.4, 0.5) is 19.4 Å². The lowest BCUT2D eigenvalue weighted by molar-refractivity contribution is -0.0504. The number of urea groups is 1. The van der Waals surface area contributed by atoms with E-state index >= 15 is 0 Å². The predicted molar refractivity (Wildman–Crippen MR) is 77.9 cm³/mol. The maximum Gasteiger partial charge on any atom is 0.387 e. The van der Waals surface area contributed by atoms with Gasteiger partial charge in [-0.15, -0.1) is 0 Å². The Morgan fingerprint density at radius 3 is 2.73 bits per heavy atom. The van der Waals surface area contributed by atoms with Crippen molar-refractivity contribution < 1.29 is 18.3 Å². The number of benzene rings is 1. The zero-order chi connectivity index (χ0) is 15.9. The number of hydrogen-bond donors (Lipinski definition) is 2. The van der Waals surface area contributed by atoms with Gasteiger partial charge in [-0.25, -0.2) is 9.78 Å². The predicted octanol–water partition coefficient (Wildman–Crippen LogP) is 3.31. The molecule has 7 heteroatoms. The van der Waals surface area contributed by atoms with Crippen molar-refractivity contribution in [2.24, 2.45) is 0 Å². The molecule has 0 aliphatic rings. The smallest absolute Gasteiger partial charge is 0.387 e. The molecule has 0 bridgehead atoms. The SMILES string of the molecule is Cc1cccc(NC(=O)NCc2ccccc2OC(F)F)n1. The molecule has 0 spiro atoms. The van der Waals surface area contributed by atoms with Crippen LogP contribution in [-0.4, -0.2) is 17.6 Å². The lowest BCUT2D eigenvalue weighted by Gasteiger charge is -2.11. The molecule has 1 aromatic heterocycles. The van der Waals surface area contributed by atoms with Gasteiger partial charge in [0.05, 0.1) is 0 Å². The second kappa shape index (κ2) is 7.35. The maximum atomic E-state index is 12.3. The molecule has 0 unspecified atom stereocenters. The highest BCUT2D eigenvalue weighted by molar-refractivity contribution is 5.88. The van der Waals surface area contributed by atoms with Gasteiger partial charge < -0.3 is 10.1 Å². The Hall–Kier alpha value is -2.70. The summed E-state index contributed by atoms with van der Waals surface area (Å²) in [5, 5.41) is 5.13. The Kier molecular flexibility index (Phi) is 5.24. The van der Waals surface area contributed by atoms with E-state index in [1.807, 2.05) is 0 Å². The lowest BCUT2D eigenvalue weighted by atomic mass is 10.2. The molecule has 0 atom stereocenters. The lowest BCUT2D eigenvalue weighted by Crippen LogP contribution is -2.28. The number of rotatable bonds is 5. The number of amides is 2. The molecular formula is C15H15F2N3O2. The zero-order valence-corrected chi connectivity index (χ0v) is 11.8. The van der Waals surface area contributed by atoms with Crippen LogP contribution in [0.15, 0.2) is 42.5 Å². The van der Waals surface area contributed by atoms with Gasteiger partial charge in [0.25, 0.3) is 0 Å². The summed E-state index contributed by atoms with van der Waals surface area (Å²) in [5.41, 5.74) is 1.23. The fraction of sp³-hybridized carbons (Fsp3) is 0.200. The minimum absolute atomic E-state index is 0.0338. The van der Waals surface area contributed by atoms with E-state index in [4.69, 9.17) is 0 Å². The summed E-state index contributed by atoms with van der Waals surface area (Å²) in [6.45, 7) is -1.05. The minimum atomic E-state index is -2.91. The number of carbonyl (C=O) groups is 1. The Labute approximate surface area is 126 Å². The number of nitrogens with zero attached hydrogens (tertiary/aromatic N) is 1. The van der Waals surface area contributed by atoms with Gasteiger partial charge in [-0.2, -0.15) is 8.78 Å². The second-order valence-electron chi connectivity index (χ2n) is 4.46. The third-order valence-corrected chi connectivity index (χ3v) is 2.76. The van der Waals surface area contributed by atoms with E-state index in [2.05, 4.69) is 20.4 Å². The van der Waals surface area contributed by atoms with Gasteiger partial charge in [-0.1, -0.05) is 24.3 Å². The summed E-state index contributed by atoms with van der Waals surface area (Å²) in [6, 6.07) is 11.0. The number of para-hydroxylation sites is 1. The zero-order valence-electron chi connectivity index (χ0n) is 11.8. The number of aromatic nitrogens is 1. The van der Waals surface area contributed by atoms with Crippen molar-refractivity contribution in [2.45, 2.75) is 20.1 Å². The summed E-state index contributed by atoms with van der Waals surface area (Å²) >= 11 is 0. The summed E-state index contributed by atoms with van der Waals surface area (Å²) < 4.78 is 29.0. The molecule has 116 valence electrons. The third kappa shape index (κ3) is 4.69. The highest BCUT2D eigenvalue weighted by atomic mass is 19.3. The minimum Gasteiger partial charge on any atom is -0.434 e. The maximum absolute atomic E-state index is 12.3. The fourth-order valence-electron chi connectivity index (χ4n) is 1.81. The van der Waals surface area contributed by atoms with Crippen molar-refractivity contribution in [2.75, 3.05) is 5.32 Å². The molecule has 2 amide bonds. The molecule has 0 saturated heterocycles. The van der Waals surface area contributed by atoms with Crippen LogP contribution in [0.25, 0.3) is 0 Å². The van der Waals surface area contributed by atoms with Crippen LogP contribution in [0.3, 0.4) is 0 Å². The molecule has 22 heavy (non-hydrogen) atoms. The van der Waals surface area contributed by atoms with Gasteiger partial charge in [0.1, 0.15) is 11.6 Å². The number of anilines is 1. The van der Waals surface area contributed by atoms with Crippen molar-refractivity contribution in [3.05, 3.63) is 53.7 Å². The molecule has 0 radical (unpaired) electrons. The van der Waals surface area contributed by atoms with Crippen LogP contribution < -0.4 is 15.4 Å². The fourth-order valence-corrected chi connectivity index (χ4v) is 1.81. The molecule has 0 aliphatic carbocycles. The van der Waals surface area contributed by atoms with Gasteiger partial charge in [-0.3, -0.25) is 5.32 Å². The average Bonchev–Trinajstić information content (AvgIpc) is 2.46. The largest absolute Gasteiger partial charge is 0.434 e. The molecule has 2 rings (SSSR count). The van der Waals surface area contributed by atoms with Crippen LogP contribution in [-0.2, 0) is 6.54 Å². The quantitative estimate of drug-likeness (QED) is 0.890. The van der Waals surface area contributed by atoms with E-state index in [9.17, 15) is 13.6 Å². The third-order valence-electron chi connectivity index (χ3n) is 2.76. The van der Waals surface area contributed by atoms with Crippen molar-refractivity contribution in [1.29, 1.82) is 0 Å². The van der Waals surface area contributed by atoms with Crippen molar-refractivity contribution >= 4 is 11.8 Å². The van der Waals surface area contributed by atoms with E-state index in [-0.39, 0.29) is 12.3 Å². The van der Waals surface area contributed by atoms with Gasteiger partial charge >= 0.3 is 12.6 Å². The summed E-state index contributed by atoms with van der Waals surface area (Å²) in [7, 11) is 0. The number of pyridine rings is 1. The van der Waals surface area contributed by atoms with Crippen molar-refractivity contribution in [3.8, 4) is 5.75 Å². The Bertz CT molecular complexity index is 650. The average molecular weight is 307 g/mol. The number of aryl methyl sites for hydroxylation is 1. The van der Waals surface area contributed by atoms with Gasteiger partial charge in [0, 0.05) is 17.8 Å². The summed E-state index contributed by atoms with van der Waals surface area (Å²) in [4.78, 5) is 15.9. The van der Waals surface area contributed by atoms with Crippen LogP contribution in [0, 0.1) is 6.92 Å². The molecule has 5 nitrogen and oxygen atoms in total. The number of alkyl halides is 2. The molecule has 0 aliphatic heterocycles. The van der Waals surface area contributed by atoms with Crippen LogP contribution in [0.1, 0.15) is 11.3 Å². The van der Waals surface area contributed by atoms with E-state index in [0.717, 1.165) is 5.69 Å². The van der Waals surface area contributed by atoms with E-state index < -0.39 is 12.6 Å². The standard InChI is InChI=1S/C15H15F2N3O2/c1-10-5-4-8-13(19-10)20-15(21)18-9-11-6-2-3-7-12(11)22-14(16)17/h2-8,14H,9H2,1H3,(H2,18,19,20,21). The second-order valence-corrected chi connectivity index (χ2v) is 4.46. The summed E-state index contributed by atoms with van der Waals surface area (Å²) in [5.74, 6) is 0.445. The first-order chi connectivity index (χ1) is 10.5. The highest BCUT2D eigenvalue weighted by Crippen LogP contribution is 2.19. The monoisotopic (exact) mass is 307 g/mol. The molecule has 2 aromatic rings. The van der Waals surface area contributed by atoms with Crippen LogP contribution >= 0.6 is 0 Å². The highest BCUT2D eigenvalue weighted by Gasteiger charge is 2.10. The normalized spacial score (nSPS) is 10.4. The van der Waals surface area contributed by atoms with Crippen LogP contribution in [0.5, 0.6) is 5.75 Å². The van der Waals surface area contributed by atoms with Crippen molar-refractivity contribution in [3.63, 3.8) is 0 Å². The Morgan fingerprint density at radius 1 is 1.23 bits per heavy atom. The van der Waals surface area contributed by atoms with E-state index in [0.29, 0.717) is 11.4 Å². The van der Waals surface area contributed by atoms with E-state index in [1.165, 1.54) is 6.07 Å². The molecule has 1 heterocycles. The molecule has 1 aromatic carbocycles. The number of hydrogen-bond acceptors (Lipinski definition) is 3. The number of halogens is 2. The number of nitrogens with one attached hydrogen (secondary N) is 2. The molecule has 0 saturated carbocycles. The summed E-state index contributed by atoms with van der Waals surface area (Å²) in [6.07, 6.45) is 0. The van der Waals surface area contributed by atoms with Crippen molar-refractivity contribution in [1.82, 2.24) is 10.3 Å². The number of ether oxygens (including phenoxy) is 1. The van der Waals surface area contributed by atoms with Gasteiger partial charge in [0.15, 0.2) is 0 Å². The van der Waals surface area contributed by atoms with Crippen LogP contribution in [0.2, 0.25) is 0 Å². The first kappa shape index (κ1) is 15.7. The molecular weight excluding hydrogens is 292 g/mol. The topological polar surface area (TPSA) is 63.2 Å². The van der Waals surface area contributed by atoms with Gasteiger partial charge in [0.2, 0.25) is 0 Å². The molecule has 2 N–H and O–H groups in total. The first-order valence-electron chi connectivity index (χ1n) is 6.56. The Balaban J connectivity index is 1.94. The first-order valence-corrected chi connectivity index (χ1v) is 6.56. The van der Waals surface area contributed by atoms with E-state index in [1.54, 1.807) is 43.3 Å².